The molecule has 0 aromatic heterocycles. The minimum Gasteiger partial charge on any atom is -0.309 e. The van der Waals surface area contributed by atoms with Crippen molar-refractivity contribution in [1.82, 2.24) is 0 Å². The van der Waals surface area contributed by atoms with Crippen molar-refractivity contribution in [2.75, 3.05) is 4.90 Å². The highest BCUT2D eigenvalue weighted by Crippen LogP contribution is 2.66. The van der Waals surface area contributed by atoms with Gasteiger partial charge in [0.15, 0.2) is 0 Å². The third kappa shape index (κ3) is 4.87. The van der Waals surface area contributed by atoms with Crippen LogP contribution in [-0.2, 0) is 16.2 Å². The Labute approximate surface area is 409 Å². The topological polar surface area (TPSA) is 3.24 Å². The largest absolute Gasteiger partial charge is 0.309 e. The van der Waals surface area contributed by atoms with Gasteiger partial charge >= 0.3 is 0 Å². The molecule has 4 aliphatic carbocycles. The van der Waals surface area contributed by atoms with Gasteiger partial charge in [-0.2, -0.15) is 0 Å². The molecule has 0 amide bonds. The summed E-state index contributed by atoms with van der Waals surface area (Å²) in [5.41, 5.74) is 25.7. The molecule has 0 N–H and O–H groups in total. The van der Waals surface area contributed by atoms with Crippen molar-refractivity contribution >= 4 is 27.8 Å². The predicted molar refractivity (Wildman–Crippen MR) is 290 cm³/mol. The minimum absolute atomic E-state index is 0.241. The Balaban J connectivity index is 1.10. The fraction of sp³-hybridized carbons (Fsp3) is 0.0725. The molecular weight excluding hydrogens is 843 g/mol. The smallest absolute Gasteiger partial charge is 0.0726 e. The number of rotatable bonds is 5. The standard InChI is InChI=1S/C69H47N/c1-67(2)55-33-16-14-31-53(55)65-63(42-44-22-9-10-27-48(44)66(65)67)70(62-39-21-38-60-64(62)54-32-15-20-37-59(54)68(60,45-23-5-3-6-24-45)46-25-7-4-8-26-46)47-40-41-52-51-30-13-19-36-58(51)69(61(52)43-47)56-34-17-11-28-49(56)50-29-12-18-35-57(50)69/h3-43H,1-2H3. The molecule has 0 unspecified atom stereocenters. The Kier molecular flexibility index (Phi) is 8.04. The highest BCUT2D eigenvalue weighted by atomic mass is 15.2. The van der Waals surface area contributed by atoms with E-state index in [2.05, 4.69) is 267 Å². The van der Waals surface area contributed by atoms with Crippen LogP contribution < -0.4 is 4.90 Å². The number of anilines is 3. The Bertz CT molecular complexity index is 3880. The lowest BCUT2D eigenvalue weighted by atomic mass is 9.68. The fourth-order valence-electron chi connectivity index (χ4n) is 14.1. The van der Waals surface area contributed by atoms with Crippen LogP contribution in [0.4, 0.5) is 17.1 Å². The Morgan fingerprint density at radius 1 is 0.300 bits per heavy atom. The van der Waals surface area contributed by atoms with Crippen LogP contribution in [0.1, 0.15) is 69.5 Å². The van der Waals surface area contributed by atoms with E-state index in [1.807, 2.05) is 0 Å². The second-order valence-corrected chi connectivity index (χ2v) is 20.2. The van der Waals surface area contributed by atoms with Crippen LogP contribution in [0, 0.1) is 0 Å². The van der Waals surface area contributed by atoms with Crippen LogP contribution in [0.2, 0.25) is 0 Å². The summed E-state index contributed by atoms with van der Waals surface area (Å²) >= 11 is 0. The number of benzene rings is 11. The molecule has 1 spiro atoms. The van der Waals surface area contributed by atoms with Crippen LogP contribution in [0.15, 0.2) is 249 Å². The van der Waals surface area contributed by atoms with Gasteiger partial charge in [0.25, 0.3) is 0 Å². The van der Waals surface area contributed by atoms with Crippen LogP contribution in [0.25, 0.3) is 55.3 Å². The number of hydrogen-bond donors (Lipinski definition) is 0. The second-order valence-electron chi connectivity index (χ2n) is 20.2. The zero-order valence-electron chi connectivity index (χ0n) is 39.1. The molecule has 1 heteroatoms. The molecule has 0 saturated heterocycles. The van der Waals surface area contributed by atoms with Gasteiger partial charge in [-0.05, 0) is 124 Å². The maximum atomic E-state index is 2.66. The van der Waals surface area contributed by atoms with Crippen molar-refractivity contribution < 1.29 is 0 Å². The van der Waals surface area contributed by atoms with E-state index < -0.39 is 10.8 Å². The number of hydrogen-bond acceptors (Lipinski definition) is 1. The first-order valence-electron chi connectivity index (χ1n) is 24.8. The average molecular weight is 890 g/mol. The normalized spacial score (nSPS) is 15.1. The van der Waals surface area contributed by atoms with Gasteiger partial charge in [-0.3, -0.25) is 0 Å². The Hall–Kier alpha value is -8.52. The van der Waals surface area contributed by atoms with Crippen molar-refractivity contribution in [3.05, 3.63) is 304 Å². The SMILES string of the molecule is CC1(C)c2ccccc2-c2c(N(c3ccc4c(c3)C3(c5ccccc5-c5ccccc53)c3ccccc3-4)c3cccc4c3-c3ccccc3C4(c3ccccc3)c3ccccc3)cc3ccccc3c21. The predicted octanol–water partition coefficient (Wildman–Crippen LogP) is 17.3. The van der Waals surface area contributed by atoms with Crippen molar-refractivity contribution in [2.45, 2.75) is 30.1 Å². The van der Waals surface area contributed by atoms with Gasteiger partial charge in [-0.1, -0.05) is 238 Å². The van der Waals surface area contributed by atoms with E-state index in [0.29, 0.717) is 0 Å². The molecule has 0 fully saturated rings. The van der Waals surface area contributed by atoms with Gasteiger partial charge in [-0.15, -0.1) is 0 Å². The molecule has 0 aliphatic heterocycles. The average Bonchev–Trinajstić information content (AvgIpc) is 4.09. The van der Waals surface area contributed by atoms with E-state index in [0.717, 1.165) is 11.4 Å². The zero-order valence-corrected chi connectivity index (χ0v) is 39.1. The number of fused-ring (bicyclic) bond motifs is 18. The second kappa shape index (κ2) is 14.3. The molecule has 328 valence electrons. The first-order chi connectivity index (χ1) is 34.5. The lowest BCUT2D eigenvalue weighted by molar-refractivity contribution is 0.666. The molecule has 0 atom stereocenters. The van der Waals surface area contributed by atoms with Crippen LogP contribution in [0.5, 0.6) is 0 Å². The molecule has 4 aliphatic rings. The zero-order chi connectivity index (χ0) is 46.3. The minimum atomic E-state index is -0.559. The highest BCUT2D eigenvalue weighted by molar-refractivity contribution is 6.08. The summed E-state index contributed by atoms with van der Waals surface area (Å²) in [4.78, 5) is 2.66. The molecule has 0 saturated carbocycles. The highest BCUT2D eigenvalue weighted by Gasteiger charge is 2.53. The van der Waals surface area contributed by atoms with Gasteiger partial charge in [0.05, 0.1) is 22.2 Å². The lowest BCUT2D eigenvalue weighted by Crippen LogP contribution is -2.28. The summed E-state index contributed by atoms with van der Waals surface area (Å²) in [6, 6.07) is 94.3. The van der Waals surface area contributed by atoms with Gasteiger partial charge in [0, 0.05) is 22.2 Å². The summed E-state index contributed by atoms with van der Waals surface area (Å²) < 4.78 is 0. The molecule has 0 radical (unpaired) electrons. The van der Waals surface area contributed by atoms with Gasteiger partial charge in [-0.25, -0.2) is 0 Å². The van der Waals surface area contributed by atoms with E-state index in [4.69, 9.17) is 0 Å². The molecule has 0 heterocycles. The monoisotopic (exact) mass is 889 g/mol. The van der Waals surface area contributed by atoms with E-state index in [1.54, 1.807) is 0 Å². The summed E-state index contributed by atoms with van der Waals surface area (Å²) in [5, 5.41) is 2.54. The van der Waals surface area contributed by atoms with Crippen LogP contribution >= 0.6 is 0 Å². The number of nitrogens with zero attached hydrogens (tertiary/aromatic N) is 1. The molecule has 0 bridgehead atoms. The summed E-state index contributed by atoms with van der Waals surface area (Å²) in [6.45, 7) is 4.85. The molecule has 11 aromatic rings. The van der Waals surface area contributed by atoms with E-state index in [1.165, 1.54) is 117 Å². The van der Waals surface area contributed by atoms with Crippen molar-refractivity contribution in [3.63, 3.8) is 0 Å². The Morgan fingerprint density at radius 2 is 0.757 bits per heavy atom. The molecule has 1 nitrogen and oxygen atoms in total. The van der Waals surface area contributed by atoms with Gasteiger partial charge < -0.3 is 4.90 Å². The maximum Gasteiger partial charge on any atom is 0.0726 e. The van der Waals surface area contributed by atoms with E-state index >= 15 is 0 Å². The summed E-state index contributed by atoms with van der Waals surface area (Å²) in [6.07, 6.45) is 0. The summed E-state index contributed by atoms with van der Waals surface area (Å²) in [5.74, 6) is 0. The molecular formula is C69H47N. The fourth-order valence-corrected chi connectivity index (χ4v) is 14.1. The summed E-state index contributed by atoms with van der Waals surface area (Å²) in [7, 11) is 0. The Morgan fingerprint density at radius 3 is 1.36 bits per heavy atom. The third-order valence-corrected chi connectivity index (χ3v) is 16.7. The van der Waals surface area contributed by atoms with Gasteiger partial charge in [0.2, 0.25) is 0 Å². The molecule has 11 aromatic carbocycles. The van der Waals surface area contributed by atoms with Gasteiger partial charge in [0.1, 0.15) is 0 Å². The first-order valence-corrected chi connectivity index (χ1v) is 24.8. The first kappa shape index (κ1) is 39.5. The van der Waals surface area contributed by atoms with Crippen LogP contribution in [0.3, 0.4) is 0 Å². The van der Waals surface area contributed by atoms with E-state index in [-0.39, 0.29) is 5.41 Å². The maximum absolute atomic E-state index is 2.66. The van der Waals surface area contributed by atoms with Crippen molar-refractivity contribution in [2.24, 2.45) is 0 Å². The molecule has 70 heavy (non-hydrogen) atoms. The lowest BCUT2D eigenvalue weighted by Gasteiger charge is -2.35. The third-order valence-electron chi connectivity index (χ3n) is 16.7. The quantitative estimate of drug-likeness (QED) is 0.166. The van der Waals surface area contributed by atoms with Crippen molar-refractivity contribution in [1.29, 1.82) is 0 Å². The van der Waals surface area contributed by atoms with E-state index in [9.17, 15) is 0 Å². The van der Waals surface area contributed by atoms with Crippen LogP contribution in [-0.4, -0.2) is 0 Å². The molecule has 15 rings (SSSR count). The van der Waals surface area contributed by atoms with Crippen molar-refractivity contribution in [3.8, 4) is 44.5 Å².